The largest absolute Gasteiger partial charge is 1.00 e. The zero-order valence-electron chi connectivity index (χ0n) is 11.0. The fraction of sp³-hybridized carbons (Fsp3) is 0.800. The molecule has 0 spiro atoms. The molecule has 0 bridgehead atoms. The molecule has 0 aliphatic carbocycles. The average molecular weight is 299 g/mol. The smallest absolute Gasteiger partial charge is 0.548 e. The van der Waals surface area contributed by atoms with Crippen molar-refractivity contribution in [3.63, 3.8) is 0 Å². The Morgan fingerprint density at radius 3 is 2.42 bits per heavy atom. The van der Waals surface area contributed by atoms with E-state index in [1.807, 2.05) is 0 Å². The number of carboxylic acid groups (broad SMARTS) is 1. The van der Waals surface area contributed by atoms with Crippen molar-refractivity contribution in [1.82, 2.24) is 4.90 Å². The van der Waals surface area contributed by atoms with Crippen molar-refractivity contribution >= 4 is 21.7 Å². The SMILES string of the molecule is CC1(C)[C@H](C(=O)[O-])N2C(=O)[C@@H](CCO)[C@H]2S1(=O)=O.[Na+]. The molecule has 0 radical (unpaired) electrons. The van der Waals surface area contributed by atoms with Crippen LogP contribution in [0.25, 0.3) is 0 Å². The van der Waals surface area contributed by atoms with Gasteiger partial charge in [-0.25, -0.2) is 8.42 Å². The van der Waals surface area contributed by atoms with E-state index in [2.05, 4.69) is 0 Å². The molecule has 7 nitrogen and oxygen atoms in total. The van der Waals surface area contributed by atoms with E-state index in [-0.39, 0.29) is 42.6 Å². The number of carbonyl (C=O) groups excluding carboxylic acids is 2. The molecule has 0 aromatic rings. The van der Waals surface area contributed by atoms with Crippen molar-refractivity contribution in [2.24, 2.45) is 5.92 Å². The van der Waals surface area contributed by atoms with Gasteiger partial charge < -0.3 is 19.9 Å². The fourth-order valence-corrected chi connectivity index (χ4v) is 5.15. The molecular weight excluding hydrogens is 285 g/mol. The van der Waals surface area contributed by atoms with Crippen LogP contribution in [-0.4, -0.2) is 53.1 Å². The van der Waals surface area contributed by atoms with E-state index >= 15 is 0 Å². The van der Waals surface area contributed by atoms with Gasteiger partial charge in [-0.1, -0.05) is 0 Å². The molecule has 0 aromatic heterocycles. The molecule has 1 amide bonds. The number of fused-ring (bicyclic) bond motifs is 1. The first-order chi connectivity index (χ1) is 8.17. The number of sulfone groups is 1. The van der Waals surface area contributed by atoms with Crippen molar-refractivity contribution in [3.8, 4) is 0 Å². The maximum atomic E-state index is 12.3. The molecule has 2 fully saturated rings. The molecule has 19 heavy (non-hydrogen) atoms. The van der Waals surface area contributed by atoms with Crippen LogP contribution in [0, 0.1) is 5.92 Å². The topological polar surface area (TPSA) is 115 Å². The minimum Gasteiger partial charge on any atom is -0.548 e. The van der Waals surface area contributed by atoms with Crippen LogP contribution < -0.4 is 34.7 Å². The summed E-state index contributed by atoms with van der Waals surface area (Å²) in [5.41, 5.74) is 0. The summed E-state index contributed by atoms with van der Waals surface area (Å²) >= 11 is 0. The first kappa shape index (κ1) is 16.9. The third-order valence-corrected chi connectivity index (χ3v) is 6.72. The molecule has 2 aliphatic rings. The number of rotatable bonds is 3. The third kappa shape index (κ3) is 1.96. The number of hydrogen-bond donors (Lipinski definition) is 1. The van der Waals surface area contributed by atoms with E-state index in [0.29, 0.717) is 0 Å². The van der Waals surface area contributed by atoms with E-state index < -0.39 is 43.8 Å². The standard InChI is InChI=1S/C10H15NO6S.Na/c1-10(2)6(9(14)15)11-7(13)5(3-4-12)8(11)18(10,16)17;/h5-6,8,12H,3-4H2,1-2H3,(H,14,15);/q;+1/p-1/t5-,6+,8-;/m1./s1. The van der Waals surface area contributed by atoms with Crippen molar-refractivity contribution < 1.29 is 57.8 Å². The van der Waals surface area contributed by atoms with Gasteiger partial charge in [0.15, 0.2) is 9.84 Å². The summed E-state index contributed by atoms with van der Waals surface area (Å²) in [6, 6.07) is -1.46. The van der Waals surface area contributed by atoms with Crippen LogP contribution in [0.2, 0.25) is 0 Å². The van der Waals surface area contributed by atoms with Gasteiger partial charge in [0.1, 0.15) is 5.37 Å². The second-order valence-corrected chi connectivity index (χ2v) is 7.75. The number of aliphatic hydroxyl groups excluding tert-OH is 1. The zero-order valence-corrected chi connectivity index (χ0v) is 13.8. The summed E-state index contributed by atoms with van der Waals surface area (Å²) in [4.78, 5) is 23.7. The van der Waals surface area contributed by atoms with Gasteiger partial charge in [-0.15, -0.1) is 0 Å². The van der Waals surface area contributed by atoms with Crippen LogP contribution >= 0.6 is 0 Å². The molecule has 1 N–H and O–H groups in total. The van der Waals surface area contributed by atoms with Gasteiger partial charge in [-0.05, 0) is 20.3 Å². The van der Waals surface area contributed by atoms with Gasteiger partial charge in [-0.2, -0.15) is 0 Å². The Morgan fingerprint density at radius 2 is 2.00 bits per heavy atom. The molecule has 3 atom stereocenters. The fourth-order valence-electron chi connectivity index (χ4n) is 2.79. The van der Waals surface area contributed by atoms with Crippen LogP contribution in [0.4, 0.5) is 0 Å². The van der Waals surface area contributed by atoms with Gasteiger partial charge in [0, 0.05) is 6.61 Å². The molecular formula is C10H14NNaO6S. The summed E-state index contributed by atoms with van der Waals surface area (Å²) in [6.45, 7) is 2.25. The zero-order chi connectivity index (χ0) is 13.9. The summed E-state index contributed by atoms with van der Waals surface area (Å²) in [5, 5.41) is 18.8. The van der Waals surface area contributed by atoms with Crippen molar-refractivity contribution in [2.45, 2.75) is 36.4 Å². The number of amides is 1. The predicted molar refractivity (Wildman–Crippen MR) is 57.6 cm³/mol. The minimum absolute atomic E-state index is 0. The predicted octanol–water partition coefficient (Wildman–Crippen LogP) is -5.52. The van der Waals surface area contributed by atoms with Crippen LogP contribution in [0.3, 0.4) is 0 Å². The quantitative estimate of drug-likeness (QED) is 0.411. The van der Waals surface area contributed by atoms with Crippen LogP contribution in [0.15, 0.2) is 0 Å². The number of aliphatic carboxylic acids is 1. The van der Waals surface area contributed by atoms with Crippen molar-refractivity contribution in [3.05, 3.63) is 0 Å². The van der Waals surface area contributed by atoms with Crippen molar-refractivity contribution in [2.75, 3.05) is 6.61 Å². The molecule has 9 heteroatoms. The molecule has 2 heterocycles. The average Bonchev–Trinajstić information content (AvgIpc) is 2.38. The maximum absolute atomic E-state index is 12.3. The van der Waals surface area contributed by atoms with Crippen LogP contribution in [0.5, 0.6) is 0 Å². The van der Waals surface area contributed by atoms with Crippen molar-refractivity contribution in [1.29, 1.82) is 0 Å². The molecule has 2 rings (SSSR count). The van der Waals surface area contributed by atoms with E-state index in [1.165, 1.54) is 13.8 Å². The number of carboxylic acids is 1. The molecule has 102 valence electrons. The second-order valence-electron chi connectivity index (χ2n) is 5.12. The van der Waals surface area contributed by atoms with Crippen LogP contribution in [0.1, 0.15) is 20.3 Å². The normalized spacial score (nSPS) is 34.2. The Bertz CT molecular complexity index is 516. The Balaban J connectivity index is 0.00000180. The van der Waals surface area contributed by atoms with Gasteiger partial charge in [0.05, 0.1) is 22.7 Å². The van der Waals surface area contributed by atoms with Gasteiger partial charge in [0.25, 0.3) is 0 Å². The monoisotopic (exact) mass is 299 g/mol. The summed E-state index contributed by atoms with van der Waals surface area (Å²) in [5.74, 6) is -2.96. The second kappa shape index (κ2) is 5.00. The summed E-state index contributed by atoms with van der Waals surface area (Å²) in [7, 11) is -3.79. The number of aliphatic hydroxyl groups is 1. The number of β-lactam (4-membered cyclic amide) rings is 1. The number of hydrogen-bond acceptors (Lipinski definition) is 6. The van der Waals surface area contributed by atoms with Gasteiger partial charge >= 0.3 is 29.6 Å². The first-order valence-corrected chi connectivity index (χ1v) is 7.10. The Labute approximate surface area is 133 Å². The van der Waals surface area contributed by atoms with Gasteiger partial charge in [0.2, 0.25) is 5.91 Å². The van der Waals surface area contributed by atoms with E-state index in [9.17, 15) is 23.1 Å². The number of nitrogens with zero attached hydrogens (tertiary/aromatic N) is 1. The minimum atomic E-state index is -3.79. The summed E-state index contributed by atoms with van der Waals surface area (Å²) in [6.07, 6.45) is 0.0229. The Hall–Kier alpha value is -0.150. The first-order valence-electron chi connectivity index (χ1n) is 5.55. The summed E-state index contributed by atoms with van der Waals surface area (Å²) < 4.78 is 22.9. The molecule has 0 saturated carbocycles. The Morgan fingerprint density at radius 1 is 1.47 bits per heavy atom. The number of carbonyl (C=O) groups is 2. The molecule has 2 aliphatic heterocycles. The van der Waals surface area contributed by atoms with E-state index in [1.54, 1.807) is 0 Å². The molecule has 0 aromatic carbocycles. The maximum Gasteiger partial charge on any atom is 1.00 e. The third-order valence-electron chi connectivity index (χ3n) is 3.84. The van der Waals surface area contributed by atoms with Crippen LogP contribution in [-0.2, 0) is 19.4 Å². The van der Waals surface area contributed by atoms with E-state index in [0.717, 1.165) is 4.90 Å². The molecule has 2 saturated heterocycles. The van der Waals surface area contributed by atoms with Gasteiger partial charge in [-0.3, -0.25) is 4.79 Å². The Kier molecular flexibility index (Phi) is 4.44. The molecule has 0 unspecified atom stereocenters. The van der Waals surface area contributed by atoms with E-state index in [4.69, 9.17) is 5.11 Å².